The van der Waals surface area contributed by atoms with Gasteiger partial charge in [-0.2, -0.15) is 0 Å². The number of aryl methyl sites for hydroxylation is 1. The number of halogens is 2. The van der Waals surface area contributed by atoms with E-state index in [-0.39, 0.29) is 18.6 Å². The van der Waals surface area contributed by atoms with Crippen LogP contribution in [0.3, 0.4) is 0 Å². The van der Waals surface area contributed by atoms with E-state index in [1.165, 1.54) is 6.07 Å². The lowest BCUT2D eigenvalue weighted by atomic mass is 9.80. The van der Waals surface area contributed by atoms with Crippen LogP contribution in [0.4, 0.5) is 8.78 Å². The predicted octanol–water partition coefficient (Wildman–Crippen LogP) is 2.04. The molecule has 2 N–H and O–H groups in total. The van der Waals surface area contributed by atoms with Gasteiger partial charge < -0.3 is 14.9 Å². The summed E-state index contributed by atoms with van der Waals surface area (Å²) in [6.07, 6.45) is 2.10. The average molecular weight is 288 g/mol. The van der Waals surface area contributed by atoms with Gasteiger partial charge in [-0.05, 0) is 19.8 Å². The van der Waals surface area contributed by atoms with Crippen LogP contribution in [0.15, 0.2) is 10.6 Å². The van der Waals surface area contributed by atoms with Gasteiger partial charge in [0.25, 0.3) is 11.8 Å². The molecular weight excluding hydrogens is 270 g/mol. The van der Waals surface area contributed by atoms with E-state index in [1.54, 1.807) is 6.92 Å². The fourth-order valence-corrected chi connectivity index (χ4v) is 2.42. The van der Waals surface area contributed by atoms with Gasteiger partial charge in [0.15, 0.2) is 0 Å². The third-order valence-electron chi connectivity index (χ3n) is 3.68. The molecule has 1 aromatic rings. The van der Waals surface area contributed by atoms with Crippen molar-refractivity contribution in [2.75, 3.05) is 6.54 Å². The summed E-state index contributed by atoms with van der Waals surface area (Å²) in [6.45, 7) is 0.710. The van der Waals surface area contributed by atoms with Crippen LogP contribution in [0.5, 0.6) is 0 Å². The summed E-state index contributed by atoms with van der Waals surface area (Å²) in [5.41, 5.74) is -1.54. The van der Waals surface area contributed by atoms with Gasteiger partial charge in [0, 0.05) is 6.07 Å². The first-order chi connectivity index (χ1) is 9.34. The lowest BCUT2D eigenvalue weighted by Gasteiger charge is -2.38. The zero-order chi connectivity index (χ0) is 14.8. The lowest BCUT2D eigenvalue weighted by molar-refractivity contribution is -0.191. The summed E-state index contributed by atoms with van der Waals surface area (Å²) in [5.74, 6) is -4.24. The maximum absolute atomic E-state index is 14.1. The topological polar surface area (TPSA) is 75.4 Å². The van der Waals surface area contributed by atoms with Crippen LogP contribution < -0.4 is 5.32 Å². The van der Waals surface area contributed by atoms with Crippen LogP contribution in [-0.2, 0) is 0 Å². The number of hydrogen-bond acceptors (Lipinski definition) is 4. The maximum Gasteiger partial charge on any atom is 0.293 e. The first kappa shape index (κ1) is 14.9. The number of aromatic nitrogens is 1. The molecular formula is C13H18F2N2O3. The Morgan fingerprint density at radius 3 is 2.70 bits per heavy atom. The Labute approximate surface area is 115 Å². The van der Waals surface area contributed by atoms with Crippen molar-refractivity contribution in [1.82, 2.24) is 10.5 Å². The molecule has 0 radical (unpaired) electrons. The van der Waals surface area contributed by atoms with E-state index in [9.17, 15) is 18.7 Å². The van der Waals surface area contributed by atoms with Crippen molar-refractivity contribution in [2.45, 2.75) is 50.6 Å². The lowest BCUT2D eigenvalue weighted by Crippen LogP contribution is -2.55. The van der Waals surface area contributed by atoms with E-state index < -0.39 is 24.0 Å². The fraction of sp³-hybridized carbons (Fsp3) is 0.692. The molecule has 2 rings (SSSR count). The van der Waals surface area contributed by atoms with Gasteiger partial charge in [-0.3, -0.25) is 4.79 Å². The molecule has 1 heterocycles. The summed E-state index contributed by atoms with van der Waals surface area (Å²) >= 11 is 0. The molecule has 0 bridgehead atoms. The molecule has 0 aliphatic heterocycles. The Bertz CT molecular complexity index is 482. The molecule has 1 amide bonds. The Kier molecular flexibility index (Phi) is 4.08. The van der Waals surface area contributed by atoms with Gasteiger partial charge in [-0.1, -0.05) is 24.4 Å². The van der Waals surface area contributed by atoms with Crippen LogP contribution in [0, 0.1) is 6.92 Å². The summed E-state index contributed by atoms with van der Waals surface area (Å²) in [4.78, 5) is 11.6. The number of aliphatic hydroxyl groups is 1. The summed E-state index contributed by atoms with van der Waals surface area (Å²) in [7, 11) is 0. The van der Waals surface area contributed by atoms with Crippen molar-refractivity contribution in [3.8, 4) is 0 Å². The summed E-state index contributed by atoms with van der Waals surface area (Å²) in [5, 5.41) is 15.7. The molecule has 1 aromatic heterocycles. The number of amides is 1. The minimum absolute atomic E-state index is 0.0529. The fourth-order valence-electron chi connectivity index (χ4n) is 2.42. The predicted molar refractivity (Wildman–Crippen MR) is 66.6 cm³/mol. The number of nitrogens with zero attached hydrogens (tertiary/aromatic N) is 1. The highest BCUT2D eigenvalue weighted by atomic mass is 19.3. The zero-order valence-electron chi connectivity index (χ0n) is 11.3. The molecule has 0 saturated heterocycles. The highest BCUT2D eigenvalue weighted by Gasteiger charge is 2.52. The first-order valence-corrected chi connectivity index (χ1v) is 6.66. The van der Waals surface area contributed by atoms with E-state index in [4.69, 9.17) is 4.52 Å². The molecule has 0 unspecified atom stereocenters. The number of hydrogen-bond donors (Lipinski definition) is 2. The second-order valence-electron chi connectivity index (χ2n) is 5.31. The van der Waals surface area contributed by atoms with Gasteiger partial charge >= 0.3 is 0 Å². The van der Waals surface area contributed by atoms with Crippen molar-refractivity contribution in [2.24, 2.45) is 0 Å². The molecule has 7 heteroatoms. The second-order valence-corrected chi connectivity index (χ2v) is 5.31. The summed E-state index contributed by atoms with van der Waals surface area (Å²) < 4.78 is 32.8. The number of nitrogens with one attached hydrogen (secondary N) is 1. The van der Waals surface area contributed by atoms with Crippen LogP contribution >= 0.6 is 0 Å². The molecule has 0 aromatic carbocycles. The van der Waals surface area contributed by atoms with E-state index in [0.717, 1.165) is 6.42 Å². The molecule has 1 fully saturated rings. The van der Waals surface area contributed by atoms with Crippen molar-refractivity contribution in [3.05, 3.63) is 17.5 Å². The smallest absolute Gasteiger partial charge is 0.293 e. The molecule has 1 aliphatic carbocycles. The first-order valence-electron chi connectivity index (χ1n) is 6.66. The van der Waals surface area contributed by atoms with Crippen LogP contribution in [0.1, 0.15) is 48.4 Å². The molecule has 112 valence electrons. The molecule has 1 saturated carbocycles. The van der Waals surface area contributed by atoms with Crippen molar-refractivity contribution in [1.29, 1.82) is 0 Å². The van der Waals surface area contributed by atoms with Crippen molar-refractivity contribution < 1.29 is 23.2 Å². The molecule has 0 spiro atoms. The number of carbonyl (C=O) groups is 1. The highest BCUT2D eigenvalue weighted by molar-refractivity contribution is 5.91. The molecule has 0 atom stereocenters. The van der Waals surface area contributed by atoms with E-state index in [2.05, 4.69) is 10.5 Å². The SMILES string of the molecule is Cc1cc(C(=O)NCC(F)(F)C2(O)CCCCC2)on1. The van der Waals surface area contributed by atoms with Crippen LogP contribution in [0.25, 0.3) is 0 Å². The largest absolute Gasteiger partial charge is 0.384 e. The molecule has 1 aliphatic rings. The van der Waals surface area contributed by atoms with Gasteiger partial charge in [-0.15, -0.1) is 0 Å². The second kappa shape index (κ2) is 5.47. The minimum Gasteiger partial charge on any atom is -0.384 e. The Hall–Kier alpha value is -1.50. The standard InChI is InChI=1S/C13H18F2N2O3/c1-9-7-10(20-17-9)11(18)16-8-13(14,15)12(19)5-3-2-4-6-12/h7,19H,2-6,8H2,1H3,(H,16,18). The monoisotopic (exact) mass is 288 g/mol. The average Bonchev–Trinajstić information content (AvgIpc) is 2.83. The number of carbonyl (C=O) groups excluding carboxylic acids is 1. The van der Waals surface area contributed by atoms with Crippen molar-refractivity contribution in [3.63, 3.8) is 0 Å². The third kappa shape index (κ3) is 2.98. The molecule has 5 nitrogen and oxygen atoms in total. The Balaban J connectivity index is 1.96. The van der Waals surface area contributed by atoms with Gasteiger partial charge in [0.2, 0.25) is 5.76 Å². The Morgan fingerprint density at radius 1 is 1.50 bits per heavy atom. The van der Waals surface area contributed by atoms with Gasteiger partial charge in [-0.25, -0.2) is 8.78 Å². The third-order valence-corrected chi connectivity index (χ3v) is 3.68. The molecule has 20 heavy (non-hydrogen) atoms. The Morgan fingerprint density at radius 2 is 2.15 bits per heavy atom. The number of alkyl halides is 2. The highest BCUT2D eigenvalue weighted by Crippen LogP contribution is 2.40. The van der Waals surface area contributed by atoms with Gasteiger partial charge in [0.1, 0.15) is 5.60 Å². The van der Waals surface area contributed by atoms with Crippen molar-refractivity contribution >= 4 is 5.91 Å². The maximum atomic E-state index is 14.1. The van der Waals surface area contributed by atoms with E-state index in [0.29, 0.717) is 18.5 Å². The number of rotatable bonds is 4. The quantitative estimate of drug-likeness (QED) is 0.889. The zero-order valence-corrected chi connectivity index (χ0v) is 11.3. The van der Waals surface area contributed by atoms with Gasteiger partial charge in [0.05, 0.1) is 12.2 Å². The minimum atomic E-state index is -3.36. The van der Waals surface area contributed by atoms with E-state index >= 15 is 0 Å². The van der Waals surface area contributed by atoms with E-state index in [1.807, 2.05) is 0 Å². The van der Waals surface area contributed by atoms with Crippen LogP contribution in [-0.4, -0.2) is 34.2 Å². The normalized spacial score (nSPS) is 18.8. The summed E-state index contributed by atoms with van der Waals surface area (Å²) in [6, 6.07) is 1.36. The van der Waals surface area contributed by atoms with Crippen LogP contribution in [0.2, 0.25) is 0 Å².